The fourth-order valence-corrected chi connectivity index (χ4v) is 4.54. The second-order valence-corrected chi connectivity index (χ2v) is 6.94. The van der Waals surface area contributed by atoms with Crippen LogP contribution in [-0.2, 0) is 10.3 Å². The van der Waals surface area contributed by atoms with Gasteiger partial charge in [-0.1, -0.05) is 6.42 Å². The van der Waals surface area contributed by atoms with Gasteiger partial charge in [-0.2, -0.15) is 0 Å². The lowest BCUT2D eigenvalue weighted by atomic mass is 9.46. The SMILES string of the molecule is CC(O)(CNC1C2CCOC2C12CCC2)c1ccco1. The highest BCUT2D eigenvalue weighted by molar-refractivity contribution is 5.19. The van der Waals surface area contributed by atoms with Crippen molar-refractivity contribution < 1.29 is 14.3 Å². The molecule has 2 heterocycles. The molecule has 0 amide bonds. The van der Waals surface area contributed by atoms with E-state index in [1.165, 1.54) is 19.3 Å². The van der Waals surface area contributed by atoms with Crippen LogP contribution in [0.25, 0.3) is 0 Å². The summed E-state index contributed by atoms with van der Waals surface area (Å²) in [4.78, 5) is 0. The third-order valence-electron chi connectivity index (χ3n) is 5.75. The van der Waals surface area contributed by atoms with Crippen LogP contribution in [0.3, 0.4) is 0 Å². The molecule has 4 unspecified atom stereocenters. The molecule has 2 saturated carbocycles. The second-order valence-electron chi connectivity index (χ2n) is 6.94. The number of aliphatic hydroxyl groups is 1. The summed E-state index contributed by atoms with van der Waals surface area (Å²) < 4.78 is 11.3. The highest BCUT2D eigenvalue weighted by Gasteiger charge is 2.66. The Labute approximate surface area is 119 Å². The fraction of sp³-hybridized carbons (Fsp3) is 0.750. The van der Waals surface area contributed by atoms with E-state index in [0.717, 1.165) is 13.0 Å². The summed E-state index contributed by atoms with van der Waals surface area (Å²) in [5.41, 5.74) is -0.584. The Bertz CT molecular complexity index is 478. The van der Waals surface area contributed by atoms with Gasteiger partial charge in [-0.25, -0.2) is 0 Å². The van der Waals surface area contributed by atoms with E-state index in [4.69, 9.17) is 9.15 Å². The summed E-state index contributed by atoms with van der Waals surface area (Å²) in [5.74, 6) is 1.27. The van der Waals surface area contributed by atoms with E-state index in [9.17, 15) is 5.11 Å². The van der Waals surface area contributed by atoms with E-state index < -0.39 is 5.60 Å². The molecule has 1 aromatic heterocycles. The molecule has 1 spiro atoms. The van der Waals surface area contributed by atoms with Crippen molar-refractivity contribution in [2.24, 2.45) is 11.3 Å². The van der Waals surface area contributed by atoms with Crippen molar-refractivity contribution in [3.05, 3.63) is 24.2 Å². The zero-order chi connectivity index (χ0) is 13.8. The van der Waals surface area contributed by atoms with Crippen molar-refractivity contribution in [2.45, 2.75) is 50.4 Å². The standard InChI is InChI=1S/C16H23NO3/c1-15(18,12-4-2-8-19-12)10-17-13-11-5-9-20-14(11)16(13)6-3-7-16/h2,4,8,11,13-14,17-18H,3,5-7,9-10H2,1H3. The molecule has 1 aromatic rings. The van der Waals surface area contributed by atoms with Crippen molar-refractivity contribution in [1.82, 2.24) is 5.32 Å². The van der Waals surface area contributed by atoms with Gasteiger partial charge in [0.2, 0.25) is 0 Å². The first-order chi connectivity index (χ1) is 9.63. The molecule has 1 saturated heterocycles. The van der Waals surface area contributed by atoms with Crippen molar-refractivity contribution in [3.63, 3.8) is 0 Å². The highest BCUT2D eigenvalue weighted by Crippen LogP contribution is 2.62. The molecule has 3 aliphatic rings. The van der Waals surface area contributed by atoms with Crippen LogP contribution in [0.4, 0.5) is 0 Å². The van der Waals surface area contributed by atoms with Gasteiger partial charge in [0.25, 0.3) is 0 Å². The van der Waals surface area contributed by atoms with Crippen LogP contribution in [0.5, 0.6) is 0 Å². The van der Waals surface area contributed by atoms with Crippen LogP contribution in [0.2, 0.25) is 0 Å². The predicted octanol–water partition coefficient (Wildman–Crippen LogP) is 2.03. The van der Waals surface area contributed by atoms with Gasteiger partial charge in [-0.15, -0.1) is 0 Å². The Kier molecular flexibility index (Phi) is 2.78. The normalized spacial score (nSPS) is 37.0. The van der Waals surface area contributed by atoms with Gasteiger partial charge in [-0.05, 0) is 38.3 Å². The molecule has 3 fully saturated rings. The molecular formula is C16H23NO3. The zero-order valence-electron chi connectivity index (χ0n) is 12.0. The Balaban J connectivity index is 1.44. The van der Waals surface area contributed by atoms with Gasteiger partial charge in [0.1, 0.15) is 11.4 Å². The summed E-state index contributed by atoms with van der Waals surface area (Å²) in [5, 5.41) is 14.2. The van der Waals surface area contributed by atoms with E-state index >= 15 is 0 Å². The summed E-state index contributed by atoms with van der Waals surface area (Å²) in [6, 6.07) is 4.16. The molecule has 0 bridgehead atoms. The Morgan fingerprint density at radius 3 is 3.00 bits per heavy atom. The molecule has 20 heavy (non-hydrogen) atoms. The maximum absolute atomic E-state index is 10.6. The van der Waals surface area contributed by atoms with Gasteiger partial charge in [0, 0.05) is 30.5 Å². The van der Waals surface area contributed by atoms with Crippen LogP contribution in [0, 0.1) is 11.3 Å². The van der Waals surface area contributed by atoms with Gasteiger partial charge < -0.3 is 19.6 Å². The summed E-state index contributed by atoms with van der Waals surface area (Å²) in [6.45, 7) is 3.26. The minimum atomic E-state index is -0.945. The third kappa shape index (κ3) is 1.65. The number of rotatable bonds is 4. The quantitative estimate of drug-likeness (QED) is 0.884. The Hall–Kier alpha value is -0.840. The van der Waals surface area contributed by atoms with Crippen LogP contribution < -0.4 is 5.32 Å². The Morgan fingerprint density at radius 1 is 1.50 bits per heavy atom. The molecule has 4 atom stereocenters. The van der Waals surface area contributed by atoms with Crippen LogP contribution >= 0.6 is 0 Å². The second kappa shape index (κ2) is 4.33. The number of nitrogens with one attached hydrogen (secondary N) is 1. The molecular weight excluding hydrogens is 254 g/mol. The van der Waals surface area contributed by atoms with Gasteiger partial charge in [0.15, 0.2) is 0 Å². The number of furan rings is 1. The largest absolute Gasteiger partial charge is 0.466 e. The number of hydrogen-bond donors (Lipinski definition) is 2. The first kappa shape index (κ1) is 12.9. The van der Waals surface area contributed by atoms with Crippen LogP contribution in [-0.4, -0.2) is 30.4 Å². The first-order valence-electron chi connectivity index (χ1n) is 7.75. The highest BCUT2D eigenvalue weighted by atomic mass is 16.5. The lowest BCUT2D eigenvalue weighted by Crippen LogP contribution is -2.71. The number of ether oxygens (including phenoxy) is 1. The summed E-state index contributed by atoms with van der Waals surface area (Å²) >= 11 is 0. The minimum absolute atomic E-state index is 0.362. The van der Waals surface area contributed by atoms with Crippen LogP contribution in [0.1, 0.15) is 38.4 Å². The number of fused-ring (bicyclic) bond motifs is 2. The van der Waals surface area contributed by atoms with Crippen molar-refractivity contribution in [1.29, 1.82) is 0 Å². The maximum atomic E-state index is 10.6. The summed E-state index contributed by atoms with van der Waals surface area (Å²) in [6.07, 6.45) is 7.11. The van der Waals surface area contributed by atoms with Crippen LogP contribution in [0.15, 0.2) is 22.8 Å². The van der Waals surface area contributed by atoms with E-state index in [1.807, 2.05) is 19.1 Å². The molecule has 2 N–H and O–H groups in total. The molecule has 2 aliphatic carbocycles. The lowest BCUT2D eigenvalue weighted by Gasteiger charge is -2.63. The zero-order valence-corrected chi connectivity index (χ0v) is 12.0. The molecule has 4 heteroatoms. The topological polar surface area (TPSA) is 54.6 Å². The molecule has 110 valence electrons. The maximum Gasteiger partial charge on any atom is 0.136 e. The predicted molar refractivity (Wildman–Crippen MR) is 74.2 cm³/mol. The fourth-order valence-electron chi connectivity index (χ4n) is 4.54. The van der Waals surface area contributed by atoms with Crippen molar-refractivity contribution in [3.8, 4) is 0 Å². The average Bonchev–Trinajstić information content (AvgIpc) is 2.97. The van der Waals surface area contributed by atoms with E-state index in [2.05, 4.69) is 5.32 Å². The lowest BCUT2D eigenvalue weighted by molar-refractivity contribution is -0.179. The molecule has 0 aromatic carbocycles. The van der Waals surface area contributed by atoms with Gasteiger partial charge in [-0.3, -0.25) is 0 Å². The van der Waals surface area contributed by atoms with E-state index in [1.54, 1.807) is 6.26 Å². The van der Waals surface area contributed by atoms with Gasteiger partial charge >= 0.3 is 0 Å². The van der Waals surface area contributed by atoms with Crippen molar-refractivity contribution in [2.75, 3.05) is 13.2 Å². The van der Waals surface area contributed by atoms with Gasteiger partial charge in [0.05, 0.1) is 12.4 Å². The molecule has 1 aliphatic heterocycles. The Morgan fingerprint density at radius 2 is 2.35 bits per heavy atom. The molecule has 4 rings (SSSR count). The van der Waals surface area contributed by atoms with E-state index in [-0.39, 0.29) is 0 Å². The third-order valence-corrected chi connectivity index (χ3v) is 5.75. The minimum Gasteiger partial charge on any atom is -0.466 e. The molecule has 0 radical (unpaired) electrons. The summed E-state index contributed by atoms with van der Waals surface area (Å²) in [7, 11) is 0. The first-order valence-corrected chi connectivity index (χ1v) is 7.75. The average molecular weight is 277 g/mol. The number of hydrogen-bond acceptors (Lipinski definition) is 4. The smallest absolute Gasteiger partial charge is 0.136 e. The monoisotopic (exact) mass is 277 g/mol. The van der Waals surface area contributed by atoms with Crippen molar-refractivity contribution >= 4 is 0 Å². The molecule has 4 nitrogen and oxygen atoms in total. The van der Waals surface area contributed by atoms with E-state index in [0.29, 0.717) is 35.8 Å².